The van der Waals surface area contributed by atoms with Crippen molar-refractivity contribution in [1.29, 1.82) is 0 Å². The molecule has 1 aliphatic heterocycles. The molecule has 0 unspecified atom stereocenters. The van der Waals surface area contributed by atoms with Crippen LogP contribution < -0.4 is 0 Å². The molecule has 5 nitrogen and oxygen atoms in total. The van der Waals surface area contributed by atoms with Gasteiger partial charge in [-0.05, 0) is 0 Å². The molecule has 1 aromatic heterocycles. The Morgan fingerprint density at radius 3 is 3.17 bits per heavy atom. The van der Waals surface area contributed by atoms with E-state index in [1.807, 2.05) is 0 Å². The first kappa shape index (κ1) is 7.05. The molecule has 12 heavy (non-hydrogen) atoms. The average molecular weight is 165 g/mol. The monoisotopic (exact) mass is 165 g/mol. The van der Waals surface area contributed by atoms with Gasteiger partial charge in [0.15, 0.2) is 5.76 Å². The summed E-state index contributed by atoms with van der Waals surface area (Å²) in [5, 5.41) is 19.3. The van der Waals surface area contributed by atoms with Gasteiger partial charge in [0, 0.05) is 11.8 Å². The molecular weight excluding hydrogens is 158 g/mol. The molecule has 0 aliphatic carbocycles. The first-order valence-electron chi connectivity index (χ1n) is 3.43. The lowest BCUT2D eigenvalue weighted by Crippen LogP contribution is -2.18. The Balaban J connectivity index is 2.53. The van der Waals surface area contributed by atoms with E-state index in [4.69, 9.17) is 5.21 Å². The number of aliphatic hydroxyl groups excluding tert-OH is 1. The zero-order valence-electron chi connectivity index (χ0n) is 6.18. The Hall–Kier alpha value is -1.62. The van der Waals surface area contributed by atoms with Gasteiger partial charge in [0.25, 0.3) is 0 Å². The normalized spacial score (nSPS) is 15.4. The van der Waals surface area contributed by atoms with Crippen LogP contribution >= 0.6 is 0 Å². The van der Waals surface area contributed by atoms with Gasteiger partial charge < -0.3 is 5.11 Å². The maximum Gasteiger partial charge on any atom is 0.160 e. The van der Waals surface area contributed by atoms with E-state index in [0.29, 0.717) is 17.8 Å². The molecule has 62 valence electrons. The quantitative estimate of drug-likeness (QED) is 0.587. The van der Waals surface area contributed by atoms with Crippen molar-refractivity contribution in [2.75, 3.05) is 0 Å². The van der Waals surface area contributed by atoms with E-state index in [1.54, 1.807) is 6.20 Å². The molecule has 0 bridgehead atoms. The molecule has 1 aliphatic rings. The molecule has 0 saturated carbocycles. The van der Waals surface area contributed by atoms with E-state index in [2.05, 4.69) is 9.97 Å². The molecule has 0 saturated heterocycles. The van der Waals surface area contributed by atoms with Crippen LogP contribution in [0.2, 0.25) is 0 Å². The van der Waals surface area contributed by atoms with Gasteiger partial charge in [-0.25, -0.2) is 9.97 Å². The molecule has 0 spiro atoms. The lowest BCUT2D eigenvalue weighted by Gasteiger charge is -2.18. The minimum absolute atomic E-state index is 0.0406. The topological polar surface area (TPSA) is 69.5 Å². The second-order valence-corrected chi connectivity index (χ2v) is 2.51. The molecule has 0 radical (unpaired) electrons. The van der Waals surface area contributed by atoms with Crippen LogP contribution in [-0.4, -0.2) is 25.3 Å². The van der Waals surface area contributed by atoms with Crippen LogP contribution in [0.25, 0.3) is 5.76 Å². The van der Waals surface area contributed by atoms with E-state index in [1.165, 1.54) is 12.5 Å². The van der Waals surface area contributed by atoms with E-state index in [0.717, 1.165) is 5.06 Å². The number of fused-ring (bicyclic) bond motifs is 1. The maximum atomic E-state index is 9.30. The summed E-state index contributed by atoms with van der Waals surface area (Å²) in [7, 11) is 0. The summed E-state index contributed by atoms with van der Waals surface area (Å²) in [6, 6.07) is 0. The Labute approximate surface area is 68.6 Å². The Kier molecular flexibility index (Phi) is 1.44. The van der Waals surface area contributed by atoms with Crippen LogP contribution in [0.1, 0.15) is 11.3 Å². The van der Waals surface area contributed by atoms with Gasteiger partial charge in [-0.1, -0.05) is 0 Å². The fraction of sp³-hybridized carbons (Fsp3) is 0.143. The van der Waals surface area contributed by atoms with Crippen molar-refractivity contribution in [2.45, 2.75) is 6.54 Å². The zero-order chi connectivity index (χ0) is 8.55. The lowest BCUT2D eigenvalue weighted by atomic mass is 10.1. The first-order valence-corrected chi connectivity index (χ1v) is 3.43. The maximum absolute atomic E-state index is 9.30. The standard InChI is InChI=1S/C7H7N3O2/c11-6-3-10(12)2-5-1-8-4-9-7(5)6/h1,3-4,11-12H,2H2. The van der Waals surface area contributed by atoms with Crippen molar-refractivity contribution in [1.82, 2.24) is 15.0 Å². The highest BCUT2D eigenvalue weighted by molar-refractivity contribution is 5.58. The third kappa shape index (κ3) is 0.998. The molecule has 0 fully saturated rings. The second kappa shape index (κ2) is 2.46. The molecular formula is C7H7N3O2. The van der Waals surface area contributed by atoms with Crippen LogP contribution in [0, 0.1) is 0 Å². The van der Waals surface area contributed by atoms with Crippen LogP contribution in [0.3, 0.4) is 0 Å². The SMILES string of the molecule is OC1=CN(O)Cc2cncnc21. The molecule has 5 heteroatoms. The summed E-state index contributed by atoms with van der Waals surface area (Å²) in [6.45, 7) is 0.306. The summed E-state index contributed by atoms with van der Waals surface area (Å²) in [4.78, 5) is 7.65. The minimum atomic E-state index is -0.0406. The third-order valence-corrected chi connectivity index (χ3v) is 1.63. The number of hydrogen-bond donors (Lipinski definition) is 2. The second-order valence-electron chi connectivity index (χ2n) is 2.51. The summed E-state index contributed by atoms with van der Waals surface area (Å²) in [5.74, 6) is -0.0406. The molecule has 1 aromatic rings. The third-order valence-electron chi connectivity index (χ3n) is 1.63. The number of hydroxylamine groups is 2. The number of aromatic nitrogens is 2. The van der Waals surface area contributed by atoms with Crippen LogP contribution in [0.5, 0.6) is 0 Å². The van der Waals surface area contributed by atoms with E-state index < -0.39 is 0 Å². The highest BCUT2D eigenvalue weighted by atomic mass is 16.5. The fourth-order valence-electron chi connectivity index (χ4n) is 1.13. The Morgan fingerprint density at radius 1 is 1.50 bits per heavy atom. The van der Waals surface area contributed by atoms with Gasteiger partial charge >= 0.3 is 0 Å². The van der Waals surface area contributed by atoms with Gasteiger partial charge in [-0.15, -0.1) is 0 Å². The molecule has 2 N–H and O–H groups in total. The van der Waals surface area contributed by atoms with Crippen molar-refractivity contribution in [3.8, 4) is 0 Å². The van der Waals surface area contributed by atoms with Crippen LogP contribution in [-0.2, 0) is 6.54 Å². The fourth-order valence-corrected chi connectivity index (χ4v) is 1.13. The van der Waals surface area contributed by atoms with Gasteiger partial charge in [0.05, 0.1) is 12.7 Å². The van der Waals surface area contributed by atoms with Crippen LogP contribution in [0.15, 0.2) is 18.7 Å². The van der Waals surface area contributed by atoms with Crippen molar-refractivity contribution < 1.29 is 10.3 Å². The first-order chi connectivity index (χ1) is 5.77. The molecule has 2 rings (SSSR count). The van der Waals surface area contributed by atoms with E-state index >= 15 is 0 Å². The van der Waals surface area contributed by atoms with Crippen molar-refractivity contribution in [3.63, 3.8) is 0 Å². The van der Waals surface area contributed by atoms with Gasteiger partial charge in [0.2, 0.25) is 0 Å². The average Bonchev–Trinajstić information content (AvgIpc) is 2.04. The molecule has 0 amide bonds. The predicted octanol–water partition coefficient (Wildman–Crippen LogP) is 0.538. The lowest BCUT2D eigenvalue weighted by molar-refractivity contribution is -0.0519. The summed E-state index contributed by atoms with van der Waals surface area (Å²) >= 11 is 0. The number of rotatable bonds is 0. The van der Waals surface area contributed by atoms with E-state index in [-0.39, 0.29) is 5.76 Å². The van der Waals surface area contributed by atoms with Crippen molar-refractivity contribution in [2.24, 2.45) is 0 Å². The van der Waals surface area contributed by atoms with Crippen LogP contribution in [0.4, 0.5) is 0 Å². The molecule has 2 heterocycles. The predicted molar refractivity (Wildman–Crippen MR) is 40.0 cm³/mol. The molecule has 0 aromatic carbocycles. The van der Waals surface area contributed by atoms with Gasteiger partial charge in [-0.3, -0.25) is 10.3 Å². The highest BCUT2D eigenvalue weighted by Gasteiger charge is 2.16. The van der Waals surface area contributed by atoms with Gasteiger partial charge in [-0.2, -0.15) is 0 Å². The number of aliphatic hydroxyl groups is 1. The minimum Gasteiger partial charge on any atom is -0.504 e. The smallest absolute Gasteiger partial charge is 0.160 e. The number of nitrogens with zero attached hydrogens (tertiary/aromatic N) is 3. The summed E-state index contributed by atoms with van der Waals surface area (Å²) in [6.07, 6.45) is 4.14. The van der Waals surface area contributed by atoms with Crippen molar-refractivity contribution in [3.05, 3.63) is 30.0 Å². The highest BCUT2D eigenvalue weighted by Crippen LogP contribution is 2.19. The summed E-state index contributed by atoms with van der Waals surface area (Å²) in [5.41, 5.74) is 1.19. The Morgan fingerprint density at radius 2 is 2.33 bits per heavy atom. The molecule has 0 atom stereocenters. The number of hydrogen-bond acceptors (Lipinski definition) is 5. The Bertz CT molecular complexity index is 337. The van der Waals surface area contributed by atoms with Gasteiger partial charge in [0.1, 0.15) is 12.0 Å². The summed E-state index contributed by atoms with van der Waals surface area (Å²) < 4.78 is 0. The largest absolute Gasteiger partial charge is 0.504 e. The van der Waals surface area contributed by atoms with Crippen molar-refractivity contribution >= 4 is 5.76 Å². The van der Waals surface area contributed by atoms with E-state index in [9.17, 15) is 5.11 Å². The zero-order valence-corrected chi connectivity index (χ0v) is 6.18.